The third-order valence-corrected chi connectivity index (χ3v) is 2.87. The van der Waals surface area contributed by atoms with Crippen LogP contribution in [0.1, 0.15) is 16.1 Å². The summed E-state index contributed by atoms with van der Waals surface area (Å²) in [6.07, 6.45) is 1.57. The molecule has 0 bridgehead atoms. The predicted octanol–water partition coefficient (Wildman–Crippen LogP) is 2.07. The van der Waals surface area contributed by atoms with Crippen LogP contribution in [0.4, 0.5) is 11.4 Å². The van der Waals surface area contributed by atoms with Crippen molar-refractivity contribution in [2.24, 2.45) is 0 Å². The van der Waals surface area contributed by atoms with E-state index in [1.807, 2.05) is 6.07 Å². The maximum absolute atomic E-state index is 11.8. The van der Waals surface area contributed by atoms with Crippen molar-refractivity contribution in [3.8, 4) is 6.07 Å². The summed E-state index contributed by atoms with van der Waals surface area (Å²) in [6.45, 7) is 0.901. The van der Waals surface area contributed by atoms with Crippen LogP contribution in [0, 0.1) is 11.3 Å². The molecule has 2 N–H and O–H groups in total. The summed E-state index contributed by atoms with van der Waals surface area (Å²) in [4.78, 5) is 15.9. The molecule has 1 aromatic heterocycles. The number of nitrogens with one attached hydrogen (secondary N) is 2. The molecule has 1 heterocycles. The molecule has 0 saturated heterocycles. The van der Waals surface area contributed by atoms with Crippen molar-refractivity contribution in [1.82, 2.24) is 10.3 Å². The van der Waals surface area contributed by atoms with Crippen LogP contribution in [0.2, 0.25) is 0 Å². The van der Waals surface area contributed by atoms with Gasteiger partial charge in [-0.15, -0.1) is 0 Å². The van der Waals surface area contributed by atoms with Gasteiger partial charge in [0.25, 0.3) is 5.91 Å². The van der Waals surface area contributed by atoms with Gasteiger partial charge in [-0.2, -0.15) is 5.26 Å². The number of carbonyl (C=O) groups is 1. The molecule has 2 aromatic rings. The average Bonchev–Trinajstić information content (AvgIpc) is 2.56. The Morgan fingerprint density at radius 1 is 1.32 bits per heavy atom. The van der Waals surface area contributed by atoms with Crippen LogP contribution in [0.3, 0.4) is 0 Å². The minimum Gasteiger partial charge on any atom is -0.383 e. The number of amides is 1. The molecule has 22 heavy (non-hydrogen) atoms. The number of nitriles is 1. The number of hydrogen-bond donors (Lipinski definition) is 2. The second kappa shape index (κ2) is 7.76. The van der Waals surface area contributed by atoms with Crippen molar-refractivity contribution in [3.63, 3.8) is 0 Å². The van der Waals surface area contributed by atoms with E-state index < -0.39 is 0 Å². The summed E-state index contributed by atoms with van der Waals surface area (Å²) >= 11 is 0. The quantitative estimate of drug-likeness (QED) is 0.797. The number of rotatable bonds is 6. The van der Waals surface area contributed by atoms with Gasteiger partial charge in [-0.3, -0.25) is 4.79 Å². The number of carbonyl (C=O) groups excluding carboxylic acids is 1. The van der Waals surface area contributed by atoms with E-state index >= 15 is 0 Å². The van der Waals surface area contributed by atoms with E-state index in [1.54, 1.807) is 43.6 Å². The molecule has 6 heteroatoms. The van der Waals surface area contributed by atoms with Crippen molar-refractivity contribution in [1.29, 1.82) is 5.26 Å². The molecule has 112 valence electrons. The first kappa shape index (κ1) is 15.5. The maximum Gasteiger partial charge on any atom is 0.269 e. The Morgan fingerprint density at radius 2 is 2.18 bits per heavy atom. The van der Waals surface area contributed by atoms with Crippen LogP contribution >= 0.6 is 0 Å². The van der Waals surface area contributed by atoms with Crippen LogP contribution < -0.4 is 10.6 Å². The van der Waals surface area contributed by atoms with Crippen LogP contribution in [0.15, 0.2) is 42.6 Å². The highest BCUT2D eigenvalue weighted by atomic mass is 16.5. The number of aromatic nitrogens is 1. The van der Waals surface area contributed by atoms with E-state index in [4.69, 9.17) is 10.00 Å². The topological polar surface area (TPSA) is 87.0 Å². The standard InChI is InChI=1S/C16H16N4O2/c1-22-8-7-18-16(21)15-6-5-14(11-19-15)20-13-4-2-3-12(9-13)10-17/h2-6,9,11,20H,7-8H2,1H3,(H,18,21). The van der Waals surface area contributed by atoms with Crippen molar-refractivity contribution < 1.29 is 9.53 Å². The van der Waals surface area contributed by atoms with E-state index in [9.17, 15) is 4.79 Å². The van der Waals surface area contributed by atoms with Gasteiger partial charge >= 0.3 is 0 Å². The molecule has 0 unspecified atom stereocenters. The van der Waals surface area contributed by atoms with Gasteiger partial charge < -0.3 is 15.4 Å². The Bertz CT molecular complexity index is 677. The van der Waals surface area contributed by atoms with Crippen molar-refractivity contribution in [3.05, 3.63) is 53.9 Å². The zero-order valence-electron chi connectivity index (χ0n) is 12.2. The number of anilines is 2. The Morgan fingerprint density at radius 3 is 2.86 bits per heavy atom. The lowest BCUT2D eigenvalue weighted by Crippen LogP contribution is -2.27. The van der Waals surface area contributed by atoms with Gasteiger partial charge in [0.2, 0.25) is 0 Å². The van der Waals surface area contributed by atoms with E-state index in [0.29, 0.717) is 24.4 Å². The zero-order chi connectivity index (χ0) is 15.8. The first-order valence-electron chi connectivity index (χ1n) is 6.73. The summed E-state index contributed by atoms with van der Waals surface area (Å²) in [7, 11) is 1.58. The molecule has 1 aromatic carbocycles. The predicted molar refractivity (Wildman–Crippen MR) is 82.9 cm³/mol. The first-order valence-corrected chi connectivity index (χ1v) is 6.73. The second-order valence-corrected chi connectivity index (χ2v) is 4.50. The highest BCUT2D eigenvalue weighted by Crippen LogP contribution is 2.16. The molecule has 2 rings (SSSR count). The largest absolute Gasteiger partial charge is 0.383 e. The van der Waals surface area contributed by atoms with Gasteiger partial charge in [0.1, 0.15) is 5.69 Å². The summed E-state index contributed by atoms with van der Waals surface area (Å²) < 4.78 is 4.86. The third kappa shape index (κ3) is 4.30. The fourth-order valence-electron chi connectivity index (χ4n) is 1.79. The summed E-state index contributed by atoms with van der Waals surface area (Å²) in [5.41, 5.74) is 2.45. The molecule has 0 radical (unpaired) electrons. The molecule has 0 saturated carbocycles. The highest BCUT2D eigenvalue weighted by Gasteiger charge is 2.06. The van der Waals surface area contributed by atoms with Gasteiger partial charge in [0, 0.05) is 19.3 Å². The van der Waals surface area contributed by atoms with Gasteiger partial charge in [0.15, 0.2) is 0 Å². The van der Waals surface area contributed by atoms with E-state index in [2.05, 4.69) is 21.7 Å². The minimum absolute atomic E-state index is 0.241. The molecule has 0 aliphatic heterocycles. The fourth-order valence-corrected chi connectivity index (χ4v) is 1.79. The molecule has 0 atom stereocenters. The Kier molecular flexibility index (Phi) is 5.46. The molecule has 0 aliphatic carbocycles. The van der Waals surface area contributed by atoms with E-state index in [-0.39, 0.29) is 5.91 Å². The minimum atomic E-state index is -0.241. The molecule has 1 amide bonds. The lowest BCUT2D eigenvalue weighted by Gasteiger charge is -2.07. The number of nitrogens with zero attached hydrogens (tertiary/aromatic N) is 2. The smallest absolute Gasteiger partial charge is 0.269 e. The molecule has 0 aliphatic rings. The van der Waals surface area contributed by atoms with Crippen LogP contribution in [-0.4, -0.2) is 31.2 Å². The van der Waals surface area contributed by atoms with Crippen LogP contribution in [-0.2, 0) is 4.74 Å². The highest BCUT2D eigenvalue weighted by molar-refractivity contribution is 5.92. The van der Waals surface area contributed by atoms with Crippen molar-refractivity contribution in [2.75, 3.05) is 25.6 Å². The summed E-state index contributed by atoms with van der Waals surface area (Å²) in [5.74, 6) is -0.241. The fraction of sp³-hybridized carbons (Fsp3) is 0.188. The number of benzene rings is 1. The Labute approximate surface area is 128 Å². The van der Waals surface area contributed by atoms with E-state index in [0.717, 1.165) is 11.4 Å². The SMILES string of the molecule is COCCNC(=O)c1ccc(Nc2cccc(C#N)c2)cn1. The summed E-state index contributed by atoms with van der Waals surface area (Å²) in [6, 6.07) is 12.6. The lowest BCUT2D eigenvalue weighted by atomic mass is 10.2. The van der Waals surface area contributed by atoms with Gasteiger partial charge in [0.05, 0.1) is 30.1 Å². The lowest BCUT2D eigenvalue weighted by molar-refractivity contribution is 0.0932. The number of hydrogen-bond acceptors (Lipinski definition) is 5. The second-order valence-electron chi connectivity index (χ2n) is 4.50. The molecule has 0 fully saturated rings. The number of ether oxygens (including phenoxy) is 1. The Hall–Kier alpha value is -2.91. The van der Waals surface area contributed by atoms with Crippen LogP contribution in [0.25, 0.3) is 0 Å². The molecule has 6 nitrogen and oxygen atoms in total. The normalized spacial score (nSPS) is 9.82. The molecular formula is C16H16N4O2. The van der Waals surface area contributed by atoms with Gasteiger partial charge in [-0.25, -0.2) is 4.98 Å². The first-order chi connectivity index (χ1) is 10.7. The monoisotopic (exact) mass is 296 g/mol. The third-order valence-electron chi connectivity index (χ3n) is 2.87. The van der Waals surface area contributed by atoms with Gasteiger partial charge in [-0.05, 0) is 30.3 Å². The average molecular weight is 296 g/mol. The molecule has 0 spiro atoms. The number of methoxy groups -OCH3 is 1. The summed E-state index contributed by atoms with van der Waals surface area (Å²) in [5, 5.41) is 14.7. The van der Waals surface area contributed by atoms with Crippen LogP contribution in [0.5, 0.6) is 0 Å². The van der Waals surface area contributed by atoms with Crippen molar-refractivity contribution >= 4 is 17.3 Å². The number of pyridine rings is 1. The van der Waals surface area contributed by atoms with E-state index in [1.165, 1.54) is 0 Å². The zero-order valence-corrected chi connectivity index (χ0v) is 12.2. The maximum atomic E-state index is 11.8. The molecular weight excluding hydrogens is 280 g/mol. The van der Waals surface area contributed by atoms with Crippen molar-refractivity contribution in [2.45, 2.75) is 0 Å². The van der Waals surface area contributed by atoms with Gasteiger partial charge in [-0.1, -0.05) is 6.07 Å². The Balaban J connectivity index is 1.99.